The second-order valence-corrected chi connectivity index (χ2v) is 8.07. The minimum atomic E-state index is -3.68. The highest BCUT2D eigenvalue weighted by Gasteiger charge is 2.15. The normalized spacial score (nSPS) is 11.2. The number of rotatable bonds is 9. The minimum Gasteiger partial charge on any atom is -0.352 e. The van der Waals surface area contributed by atoms with Gasteiger partial charge in [-0.05, 0) is 42.3 Å². The number of nitrogens with zero attached hydrogens (tertiary/aromatic N) is 2. The van der Waals surface area contributed by atoms with E-state index in [1.165, 1.54) is 18.2 Å². The average molecular weight is 410 g/mol. The van der Waals surface area contributed by atoms with E-state index in [0.29, 0.717) is 13.0 Å². The predicted octanol–water partition coefficient (Wildman–Crippen LogP) is 2.31. The Morgan fingerprint density at radius 3 is 2.69 bits per heavy atom. The van der Waals surface area contributed by atoms with Crippen molar-refractivity contribution in [2.24, 2.45) is 0 Å². The van der Waals surface area contributed by atoms with Gasteiger partial charge in [0.25, 0.3) is 5.91 Å². The van der Waals surface area contributed by atoms with E-state index < -0.39 is 10.0 Å². The molecule has 0 bridgehead atoms. The van der Waals surface area contributed by atoms with Gasteiger partial charge in [0, 0.05) is 24.8 Å². The highest BCUT2D eigenvalue weighted by molar-refractivity contribution is 7.89. The lowest BCUT2D eigenvalue weighted by Crippen LogP contribution is -2.27. The van der Waals surface area contributed by atoms with E-state index in [9.17, 15) is 13.2 Å². The van der Waals surface area contributed by atoms with Crippen molar-refractivity contribution in [2.45, 2.75) is 11.3 Å². The van der Waals surface area contributed by atoms with Crippen molar-refractivity contribution in [3.63, 3.8) is 0 Å². The summed E-state index contributed by atoms with van der Waals surface area (Å²) in [6, 6.07) is 15.7. The Morgan fingerprint density at radius 1 is 1.14 bits per heavy atom. The van der Waals surface area contributed by atoms with Crippen LogP contribution >= 0.6 is 0 Å². The van der Waals surface area contributed by atoms with Crippen molar-refractivity contribution in [3.8, 4) is 5.69 Å². The molecule has 29 heavy (non-hydrogen) atoms. The van der Waals surface area contributed by atoms with E-state index in [4.69, 9.17) is 0 Å². The third-order valence-electron chi connectivity index (χ3n) is 4.18. The number of carbonyl (C=O) groups is 1. The first-order valence-electron chi connectivity index (χ1n) is 9.07. The number of nitrogens with one attached hydrogen (secondary N) is 2. The van der Waals surface area contributed by atoms with Gasteiger partial charge in [0.05, 0.1) is 16.8 Å². The molecule has 3 rings (SSSR count). The zero-order valence-electron chi connectivity index (χ0n) is 15.8. The summed E-state index contributed by atoms with van der Waals surface area (Å²) in [6.07, 6.45) is 5.74. The van der Waals surface area contributed by atoms with Gasteiger partial charge in [-0.15, -0.1) is 6.58 Å². The Labute approximate surface area is 170 Å². The van der Waals surface area contributed by atoms with Crippen LogP contribution in [0.1, 0.15) is 15.9 Å². The summed E-state index contributed by atoms with van der Waals surface area (Å²) < 4.78 is 28.5. The van der Waals surface area contributed by atoms with Gasteiger partial charge in [-0.3, -0.25) is 4.79 Å². The molecule has 150 valence electrons. The third kappa shape index (κ3) is 5.40. The molecule has 0 saturated carbocycles. The second-order valence-electron chi connectivity index (χ2n) is 6.30. The third-order valence-corrected chi connectivity index (χ3v) is 5.60. The van der Waals surface area contributed by atoms with Crippen LogP contribution in [-0.2, 0) is 16.4 Å². The summed E-state index contributed by atoms with van der Waals surface area (Å²) in [5.74, 6) is -0.332. The summed E-state index contributed by atoms with van der Waals surface area (Å²) in [6.45, 7) is 4.01. The molecule has 0 atom stereocenters. The highest BCUT2D eigenvalue weighted by Crippen LogP contribution is 2.12. The van der Waals surface area contributed by atoms with E-state index >= 15 is 0 Å². The van der Waals surface area contributed by atoms with Crippen molar-refractivity contribution in [1.82, 2.24) is 19.8 Å². The molecule has 2 N–H and O–H groups in total. The molecule has 0 aliphatic carbocycles. The van der Waals surface area contributed by atoms with Crippen molar-refractivity contribution < 1.29 is 13.2 Å². The fraction of sp³-hybridized carbons (Fsp3) is 0.143. The number of sulfonamides is 1. The Balaban J connectivity index is 1.58. The van der Waals surface area contributed by atoms with E-state index in [1.807, 2.05) is 36.5 Å². The van der Waals surface area contributed by atoms with Crippen LogP contribution in [0, 0.1) is 0 Å². The Morgan fingerprint density at radius 2 is 1.93 bits per heavy atom. The highest BCUT2D eigenvalue weighted by atomic mass is 32.2. The molecule has 0 aliphatic heterocycles. The maximum absolute atomic E-state index is 12.4. The second kappa shape index (κ2) is 9.31. The molecule has 1 heterocycles. The summed E-state index contributed by atoms with van der Waals surface area (Å²) in [5, 5.41) is 7.14. The molecule has 0 saturated heterocycles. The molecule has 2 aromatic carbocycles. The first kappa shape index (κ1) is 20.5. The molecule has 0 unspecified atom stereocenters. The van der Waals surface area contributed by atoms with Crippen LogP contribution < -0.4 is 10.0 Å². The summed E-state index contributed by atoms with van der Waals surface area (Å²) in [4.78, 5) is 12.4. The number of aromatic nitrogens is 2. The lowest BCUT2D eigenvalue weighted by molar-refractivity contribution is 0.0954. The van der Waals surface area contributed by atoms with Crippen molar-refractivity contribution in [3.05, 3.63) is 90.8 Å². The van der Waals surface area contributed by atoms with Crippen LogP contribution in [0.4, 0.5) is 0 Å². The summed E-state index contributed by atoms with van der Waals surface area (Å²) in [7, 11) is -3.68. The summed E-state index contributed by atoms with van der Waals surface area (Å²) in [5.41, 5.74) is 2.23. The van der Waals surface area contributed by atoms with E-state index in [2.05, 4.69) is 21.7 Å². The smallest absolute Gasteiger partial charge is 0.251 e. The molecule has 3 aromatic rings. The van der Waals surface area contributed by atoms with Crippen LogP contribution in [-0.4, -0.2) is 37.2 Å². The Kier molecular flexibility index (Phi) is 6.58. The standard InChI is InChI=1S/C21H22N4O3S/c1-2-12-24-29(27,28)20-10-6-7-18(14-20)21(26)22-13-11-17-15-23-25(16-17)19-8-4-3-5-9-19/h2-10,14-16,24H,1,11-13H2,(H,22,26). The van der Waals surface area contributed by atoms with Gasteiger partial charge in [0.1, 0.15) is 0 Å². The van der Waals surface area contributed by atoms with Crippen LogP contribution in [0.3, 0.4) is 0 Å². The Hall–Kier alpha value is -3.23. The fourth-order valence-electron chi connectivity index (χ4n) is 2.69. The lowest BCUT2D eigenvalue weighted by Gasteiger charge is -2.08. The monoisotopic (exact) mass is 410 g/mol. The molecule has 0 radical (unpaired) electrons. The number of amides is 1. The van der Waals surface area contributed by atoms with Crippen LogP contribution in [0.5, 0.6) is 0 Å². The van der Waals surface area contributed by atoms with Crippen LogP contribution in [0.2, 0.25) is 0 Å². The zero-order valence-corrected chi connectivity index (χ0v) is 16.6. The number of hydrogen-bond acceptors (Lipinski definition) is 4. The number of carbonyl (C=O) groups excluding carboxylic acids is 1. The number of hydrogen-bond donors (Lipinski definition) is 2. The number of para-hydroxylation sites is 1. The van der Waals surface area contributed by atoms with Gasteiger partial charge in [-0.2, -0.15) is 5.10 Å². The summed E-state index contributed by atoms with van der Waals surface area (Å²) >= 11 is 0. The molecule has 1 aromatic heterocycles. The van der Waals surface area contributed by atoms with E-state index in [-0.39, 0.29) is 22.9 Å². The van der Waals surface area contributed by atoms with Crippen LogP contribution in [0.25, 0.3) is 5.69 Å². The topological polar surface area (TPSA) is 93.1 Å². The maximum atomic E-state index is 12.4. The van der Waals surface area contributed by atoms with E-state index in [0.717, 1.165) is 11.3 Å². The molecule has 8 heteroatoms. The molecule has 7 nitrogen and oxygen atoms in total. The molecule has 0 aliphatic rings. The first-order valence-corrected chi connectivity index (χ1v) is 10.6. The predicted molar refractivity (Wildman–Crippen MR) is 111 cm³/mol. The molecular weight excluding hydrogens is 388 g/mol. The minimum absolute atomic E-state index is 0.0381. The SMILES string of the molecule is C=CCNS(=O)(=O)c1cccc(C(=O)NCCc2cnn(-c3ccccc3)c2)c1. The largest absolute Gasteiger partial charge is 0.352 e. The molecule has 0 fully saturated rings. The fourth-order valence-corrected chi connectivity index (χ4v) is 3.73. The lowest BCUT2D eigenvalue weighted by atomic mass is 10.2. The number of benzene rings is 2. The van der Waals surface area contributed by atoms with Gasteiger partial charge in [-0.25, -0.2) is 17.8 Å². The van der Waals surface area contributed by atoms with Crippen molar-refractivity contribution in [2.75, 3.05) is 13.1 Å². The van der Waals surface area contributed by atoms with Gasteiger partial charge in [0.15, 0.2) is 0 Å². The van der Waals surface area contributed by atoms with Crippen molar-refractivity contribution in [1.29, 1.82) is 0 Å². The van der Waals surface area contributed by atoms with Crippen LogP contribution in [0.15, 0.2) is 84.5 Å². The van der Waals surface area contributed by atoms with E-state index in [1.54, 1.807) is 23.0 Å². The van der Waals surface area contributed by atoms with Gasteiger partial charge in [0.2, 0.25) is 10.0 Å². The average Bonchev–Trinajstić information content (AvgIpc) is 3.22. The molecular formula is C21H22N4O3S. The van der Waals surface area contributed by atoms with Gasteiger partial charge in [-0.1, -0.05) is 30.3 Å². The quantitative estimate of drug-likeness (QED) is 0.530. The van der Waals surface area contributed by atoms with Crippen molar-refractivity contribution >= 4 is 15.9 Å². The molecule has 0 spiro atoms. The van der Waals surface area contributed by atoms with Gasteiger partial charge >= 0.3 is 0 Å². The maximum Gasteiger partial charge on any atom is 0.251 e. The van der Waals surface area contributed by atoms with Gasteiger partial charge < -0.3 is 5.32 Å². The zero-order chi connectivity index (χ0) is 20.7. The first-order chi connectivity index (χ1) is 14.0. The Bertz CT molecular complexity index is 1090. The molecule has 1 amide bonds.